The number of nitrogens with zero attached hydrogens (tertiary/aromatic N) is 2. The molecule has 0 bridgehead atoms. The Morgan fingerprint density at radius 3 is 2.66 bits per heavy atom. The standard InChI is InChI=1S/C23H21N3O6/c1-12-8-17(14(3)31-12)19-10-18(21-13(2)26-32-22(21)25-19)23(28)30-11-20(27)24-15-6-5-7-16(9-15)29-4/h5-10H,11H2,1-4H3,(H,24,27). The number of anilines is 1. The molecule has 0 aliphatic rings. The monoisotopic (exact) mass is 435 g/mol. The Balaban J connectivity index is 1.56. The summed E-state index contributed by atoms with van der Waals surface area (Å²) in [5.41, 5.74) is 2.63. The Morgan fingerprint density at radius 2 is 1.94 bits per heavy atom. The summed E-state index contributed by atoms with van der Waals surface area (Å²) >= 11 is 0. The second-order valence-corrected chi connectivity index (χ2v) is 7.19. The van der Waals surface area contributed by atoms with Gasteiger partial charge < -0.3 is 23.7 Å². The smallest absolute Gasteiger partial charge is 0.339 e. The number of carbonyl (C=O) groups is 2. The first-order chi connectivity index (χ1) is 15.4. The zero-order valence-electron chi connectivity index (χ0n) is 18.0. The molecule has 9 heteroatoms. The van der Waals surface area contributed by atoms with Crippen LogP contribution in [0.15, 0.2) is 45.3 Å². The van der Waals surface area contributed by atoms with Crippen LogP contribution in [0.2, 0.25) is 0 Å². The number of aryl methyl sites for hydroxylation is 3. The summed E-state index contributed by atoms with van der Waals surface area (Å²) in [5.74, 6) is 0.789. The fourth-order valence-corrected chi connectivity index (χ4v) is 3.39. The number of esters is 1. The van der Waals surface area contributed by atoms with Gasteiger partial charge in [-0.25, -0.2) is 9.78 Å². The fraction of sp³-hybridized carbons (Fsp3) is 0.217. The van der Waals surface area contributed by atoms with Crippen molar-refractivity contribution in [3.63, 3.8) is 0 Å². The van der Waals surface area contributed by atoms with Crippen molar-refractivity contribution < 1.29 is 28.0 Å². The lowest BCUT2D eigenvalue weighted by Gasteiger charge is -2.09. The number of rotatable bonds is 6. The van der Waals surface area contributed by atoms with Gasteiger partial charge in [0.1, 0.15) is 17.3 Å². The van der Waals surface area contributed by atoms with Crippen LogP contribution < -0.4 is 10.1 Å². The van der Waals surface area contributed by atoms with Crippen LogP contribution in [0.4, 0.5) is 5.69 Å². The van der Waals surface area contributed by atoms with Crippen molar-refractivity contribution in [2.75, 3.05) is 19.0 Å². The van der Waals surface area contributed by atoms with Gasteiger partial charge in [0.2, 0.25) is 0 Å². The number of fused-ring (bicyclic) bond motifs is 1. The van der Waals surface area contributed by atoms with Crippen molar-refractivity contribution in [3.05, 3.63) is 59.2 Å². The molecule has 1 N–H and O–H groups in total. The van der Waals surface area contributed by atoms with Gasteiger partial charge in [-0.2, -0.15) is 0 Å². The van der Waals surface area contributed by atoms with Crippen molar-refractivity contribution in [1.29, 1.82) is 0 Å². The highest BCUT2D eigenvalue weighted by Crippen LogP contribution is 2.30. The molecule has 1 aromatic carbocycles. The van der Waals surface area contributed by atoms with Gasteiger partial charge >= 0.3 is 5.97 Å². The highest BCUT2D eigenvalue weighted by Gasteiger charge is 2.22. The van der Waals surface area contributed by atoms with Crippen molar-refractivity contribution >= 4 is 28.7 Å². The highest BCUT2D eigenvalue weighted by atomic mass is 16.5. The first-order valence-electron chi connectivity index (χ1n) is 9.81. The molecule has 0 spiro atoms. The van der Waals surface area contributed by atoms with Gasteiger partial charge in [0.15, 0.2) is 6.61 Å². The van der Waals surface area contributed by atoms with Gasteiger partial charge in [0, 0.05) is 17.3 Å². The van der Waals surface area contributed by atoms with Gasteiger partial charge in [-0.15, -0.1) is 0 Å². The van der Waals surface area contributed by atoms with E-state index in [9.17, 15) is 9.59 Å². The topological polar surface area (TPSA) is 117 Å². The molecule has 9 nitrogen and oxygen atoms in total. The van der Waals surface area contributed by atoms with E-state index in [0.29, 0.717) is 39.7 Å². The summed E-state index contributed by atoms with van der Waals surface area (Å²) < 4.78 is 21.3. The molecular weight excluding hydrogens is 414 g/mol. The van der Waals surface area contributed by atoms with Crippen molar-refractivity contribution in [2.45, 2.75) is 20.8 Å². The summed E-state index contributed by atoms with van der Waals surface area (Å²) in [6.07, 6.45) is 0. The maximum atomic E-state index is 12.9. The number of benzene rings is 1. The van der Waals surface area contributed by atoms with E-state index in [4.69, 9.17) is 18.4 Å². The number of hydrogen-bond donors (Lipinski definition) is 1. The van der Waals surface area contributed by atoms with Crippen LogP contribution in [-0.2, 0) is 9.53 Å². The minimum Gasteiger partial charge on any atom is -0.497 e. The van der Waals surface area contributed by atoms with Crippen LogP contribution in [0.3, 0.4) is 0 Å². The lowest BCUT2D eigenvalue weighted by molar-refractivity contribution is -0.119. The van der Waals surface area contributed by atoms with E-state index in [2.05, 4.69) is 15.5 Å². The molecule has 0 fully saturated rings. The number of methoxy groups -OCH3 is 1. The fourth-order valence-electron chi connectivity index (χ4n) is 3.39. The second-order valence-electron chi connectivity index (χ2n) is 7.19. The predicted molar refractivity (Wildman–Crippen MR) is 116 cm³/mol. The van der Waals surface area contributed by atoms with E-state index in [1.165, 1.54) is 7.11 Å². The summed E-state index contributed by atoms with van der Waals surface area (Å²) in [6.45, 7) is 4.86. The predicted octanol–water partition coefficient (Wildman–Crippen LogP) is 4.21. The minimum absolute atomic E-state index is 0.200. The first-order valence-corrected chi connectivity index (χ1v) is 9.81. The van der Waals surface area contributed by atoms with Crippen LogP contribution in [0.5, 0.6) is 5.75 Å². The number of aromatic nitrogens is 2. The molecule has 0 aliphatic carbocycles. The highest BCUT2D eigenvalue weighted by molar-refractivity contribution is 6.05. The van der Waals surface area contributed by atoms with E-state index in [-0.39, 0.29) is 11.3 Å². The number of amides is 1. The summed E-state index contributed by atoms with van der Waals surface area (Å²) in [6, 6.07) is 10.3. The van der Waals surface area contributed by atoms with Crippen LogP contribution in [0.1, 0.15) is 27.6 Å². The quantitative estimate of drug-likeness (QED) is 0.448. The number of pyridine rings is 1. The molecule has 4 rings (SSSR count). The maximum absolute atomic E-state index is 12.9. The summed E-state index contributed by atoms with van der Waals surface area (Å²) in [5, 5.41) is 7.01. The first kappa shape index (κ1) is 21.1. The minimum atomic E-state index is -0.691. The number of nitrogens with one attached hydrogen (secondary N) is 1. The van der Waals surface area contributed by atoms with Gasteiger partial charge in [-0.3, -0.25) is 4.79 Å². The molecule has 4 aromatic rings. The van der Waals surface area contributed by atoms with E-state index in [1.54, 1.807) is 44.2 Å². The van der Waals surface area contributed by atoms with Crippen LogP contribution in [-0.4, -0.2) is 35.7 Å². The van der Waals surface area contributed by atoms with Crippen LogP contribution in [0.25, 0.3) is 22.4 Å². The van der Waals surface area contributed by atoms with Crippen molar-refractivity contribution in [3.8, 4) is 17.0 Å². The zero-order valence-corrected chi connectivity index (χ0v) is 18.0. The Labute approximate surface area is 183 Å². The lowest BCUT2D eigenvalue weighted by Crippen LogP contribution is -2.21. The molecule has 0 saturated carbocycles. The number of carbonyl (C=O) groups excluding carboxylic acids is 2. The third kappa shape index (κ3) is 4.18. The lowest BCUT2D eigenvalue weighted by atomic mass is 10.1. The Kier molecular flexibility index (Phi) is 5.63. The average Bonchev–Trinajstić information content (AvgIpc) is 3.32. The Morgan fingerprint density at radius 1 is 1.12 bits per heavy atom. The van der Waals surface area contributed by atoms with E-state index in [0.717, 1.165) is 5.56 Å². The van der Waals surface area contributed by atoms with Crippen molar-refractivity contribution in [1.82, 2.24) is 10.1 Å². The zero-order chi connectivity index (χ0) is 22.8. The molecule has 3 heterocycles. The second kappa shape index (κ2) is 8.54. The molecule has 0 aliphatic heterocycles. The van der Waals surface area contributed by atoms with E-state index >= 15 is 0 Å². The normalized spacial score (nSPS) is 10.9. The molecule has 32 heavy (non-hydrogen) atoms. The number of hydrogen-bond acceptors (Lipinski definition) is 8. The van der Waals surface area contributed by atoms with Crippen molar-refractivity contribution in [2.24, 2.45) is 0 Å². The van der Waals surface area contributed by atoms with E-state index < -0.39 is 18.5 Å². The van der Waals surface area contributed by atoms with Crippen LogP contribution >= 0.6 is 0 Å². The summed E-state index contributed by atoms with van der Waals surface area (Å²) in [4.78, 5) is 29.6. The third-order valence-electron chi connectivity index (χ3n) is 4.84. The molecular formula is C23H21N3O6. The van der Waals surface area contributed by atoms with Crippen LogP contribution in [0, 0.1) is 20.8 Å². The average molecular weight is 435 g/mol. The van der Waals surface area contributed by atoms with Gasteiger partial charge in [-0.05, 0) is 45.0 Å². The Bertz CT molecular complexity index is 1320. The Hall–Kier alpha value is -4.14. The number of furan rings is 1. The molecule has 164 valence electrons. The molecule has 0 atom stereocenters. The molecule has 3 aromatic heterocycles. The SMILES string of the molecule is COc1cccc(NC(=O)COC(=O)c2cc(-c3cc(C)oc3C)nc3onc(C)c23)c1. The number of ether oxygens (including phenoxy) is 2. The largest absolute Gasteiger partial charge is 0.497 e. The third-order valence-corrected chi connectivity index (χ3v) is 4.84. The maximum Gasteiger partial charge on any atom is 0.339 e. The van der Waals surface area contributed by atoms with Gasteiger partial charge in [0.05, 0.1) is 29.4 Å². The summed E-state index contributed by atoms with van der Waals surface area (Å²) in [7, 11) is 1.53. The van der Waals surface area contributed by atoms with Gasteiger partial charge in [-0.1, -0.05) is 11.2 Å². The van der Waals surface area contributed by atoms with Gasteiger partial charge in [0.25, 0.3) is 11.6 Å². The molecule has 0 radical (unpaired) electrons. The molecule has 0 unspecified atom stereocenters. The molecule has 0 saturated heterocycles. The van der Waals surface area contributed by atoms with E-state index in [1.807, 2.05) is 13.0 Å². The molecule has 1 amide bonds.